The highest BCUT2D eigenvalue weighted by atomic mass is 35.5. The molecular weight excluding hydrogens is 392 g/mol. The van der Waals surface area contributed by atoms with Crippen LogP contribution in [0.3, 0.4) is 0 Å². The first-order chi connectivity index (χ1) is 14.6. The van der Waals surface area contributed by atoms with Gasteiger partial charge in [0.25, 0.3) is 5.91 Å². The van der Waals surface area contributed by atoms with Crippen LogP contribution < -0.4 is 4.90 Å². The standard InChI is InChI=1S/C26H21ClN2O/c1-17-24(26(30)29-16-6-8-18-7-2-5-11-23(18)29)21-9-3-4-10-22(21)28-25(17)19-12-14-20(27)15-13-19/h2-5,7,9-15H,6,8,16H2,1H3. The van der Waals surface area contributed by atoms with Crippen molar-refractivity contribution in [2.24, 2.45) is 0 Å². The van der Waals surface area contributed by atoms with E-state index in [0.717, 1.165) is 58.4 Å². The molecule has 4 aromatic rings. The number of halogens is 1. The summed E-state index contributed by atoms with van der Waals surface area (Å²) in [5.41, 5.74) is 6.45. The summed E-state index contributed by atoms with van der Waals surface area (Å²) >= 11 is 6.08. The third-order valence-corrected chi connectivity index (χ3v) is 6.07. The molecule has 148 valence electrons. The van der Waals surface area contributed by atoms with E-state index in [1.54, 1.807) is 0 Å². The SMILES string of the molecule is Cc1c(-c2ccc(Cl)cc2)nc2ccccc2c1C(=O)N1CCCc2ccccc21. The summed E-state index contributed by atoms with van der Waals surface area (Å²) in [6.45, 7) is 2.72. The maximum atomic E-state index is 13.9. The normalized spacial score (nSPS) is 13.3. The highest BCUT2D eigenvalue weighted by Crippen LogP contribution is 2.34. The molecule has 0 saturated carbocycles. The van der Waals surface area contributed by atoms with Crippen molar-refractivity contribution in [2.45, 2.75) is 19.8 Å². The molecule has 0 atom stereocenters. The van der Waals surface area contributed by atoms with Gasteiger partial charge < -0.3 is 4.90 Å². The van der Waals surface area contributed by atoms with E-state index in [1.165, 1.54) is 5.56 Å². The summed E-state index contributed by atoms with van der Waals surface area (Å²) in [6, 6.07) is 23.7. The van der Waals surface area contributed by atoms with Gasteiger partial charge in [-0.25, -0.2) is 4.98 Å². The molecule has 1 aliphatic rings. The fraction of sp³-hybridized carbons (Fsp3) is 0.154. The molecule has 0 unspecified atom stereocenters. The van der Waals surface area contributed by atoms with Gasteiger partial charge in [0, 0.05) is 28.2 Å². The fourth-order valence-electron chi connectivity index (χ4n) is 4.35. The van der Waals surface area contributed by atoms with Crippen LogP contribution in [-0.4, -0.2) is 17.4 Å². The zero-order valence-electron chi connectivity index (χ0n) is 16.7. The second-order valence-corrected chi connectivity index (χ2v) is 8.11. The van der Waals surface area contributed by atoms with Crippen LogP contribution in [0, 0.1) is 6.92 Å². The van der Waals surface area contributed by atoms with Crippen molar-refractivity contribution >= 4 is 34.1 Å². The van der Waals surface area contributed by atoms with Gasteiger partial charge in [-0.3, -0.25) is 4.79 Å². The predicted octanol–water partition coefficient (Wildman–Crippen LogP) is 6.46. The lowest BCUT2D eigenvalue weighted by molar-refractivity contribution is 0.0986. The van der Waals surface area contributed by atoms with E-state index >= 15 is 0 Å². The molecule has 0 saturated heterocycles. The van der Waals surface area contributed by atoms with E-state index in [9.17, 15) is 4.79 Å². The lowest BCUT2D eigenvalue weighted by atomic mass is 9.95. The second-order valence-electron chi connectivity index (χ2n) is 7.67. The number of para-hydroxylation sites is 2. The molecular formula is C26H21ClN2O. The van der Waals surface area contributed by atoms with Gasteiger partial charge in [-0.15, -0.1) is 0 Å². The van der Waals surface area contributed by atoms with Crippen molar-refractivity contribution in [3.63, 3.8) is 0 Å². The molecule has 0 fully saturated rings. The van der Waals surface area contributed by atoms with Crippen molar-refractivity contribution in [2.75, 3.05) is 11.4 Å². The van der Waals surface area contributed by atoms with Gasteiger partial charge in [0.15, 0.2) is 0 Å². The number of nitrogens with zero attached hydrogens (tertiary/aromatic N) is 2. The Bertz CT molecular complexity index is 1260. The molecule has 1 amide bonds. The summed E-state index contributed by atoms with van der Waals surface area (Å²) in [5.74, 6) is 0.0356. The summed E-state index contributed by atoms with van der Waals surface area (Å²) in [5, 5.41) is 1.57. The van der Waals surface area contributed by atoms with E-state index < -0.39 is 0 Å². The van der Waals surface area contributed by atoms with E-state index in [-0.39, 0.29) is 5.91 Å². The molecule has 30 heavy (non-hydrogen) atoms. The van der Waals surface area contributed by atoms with Crippen LogP contribution in [-0.2, 0) is 6.42 Å². The minimum atomic E-state index is 0.0356. The third-order valence-electron chi connectivity index (χ3n) is 5.82. The Labute approximate surface area is 180 Å². The maximum Gasteiger partial charge on any atom is 0.259 e. The molecule has 3 aromatic carbocycles. The fourth-order valence-corrected chi connectivity index (χ4v) is 4.48. The molecule has 2 heterocycles. The maximum absolute atomic E-state index is 13.9. The lowest BCUT2D eigenvalue weighted by Gasteiger charge is -2.30. The van der Waals surface area contributed by atoms with Crippen LogP contribution in [0.2, 0.25) is 5.02 Å². The van der Waals surface area contributed by atoms with Crippen molar-refractivity contribution in [3.8, 4) is 11.3 Å². The first-order valence-electron chi connectivity index (χ1n) is 10.2. The van der Waals surface area contributed by atoms with Crippen LogP contribution in [0.1, 0.15) is 27.9 Å². The number of hydrogen-bond donors (Lipinski definition) is 0. The minimum absolute atomic E-state index is 0.0356. The first-order valence-corrected chi connectivity index (χ1v) is 10.6. The van der Waals surface area contributed by atoms with E-state index in [4.69, 9.17) is 16.6 Å². The number of fused-ring (bicyclic) bond motifs is 2. The Morgan fingerprint density at radius 1 is 0.967 bits per heavy atom. The quantitative estimate of drug-likeness (QED) is 0.378. The average molecular weight is 413 g/mol. The second kappa shape index (κ2) is 7.58. The smallest absolute Gasteiger partial charge is 0.259 e. The van der Waals surface area contributed by atoms with Gasteiger partial charge in [-0.05, 0) is 55.2 Å². The molecule has 0 radical (unpaired) electrons. The highest BCUT2D eigenvalue weighted by molar-refractivity contribution is 6.30. The number of pyridine rings is 1. The van der Waals surface area contributed by atoms with Crippen LogP contribution in [0.5, 0.6) is 0 Å². The predicted molar refractivity (Wildman–Crippen MR) is 123 cm³/mol. The molecule has 0 N–H and O–H groups in total. The Morgan fingerprint density at radius 3 is 2.53 bits per heavy atom. The zero-order valence-corrected chi connectivity index (χ0v) is 17.5. The Hall–Kier alpha value is -3.17. The summed E-state index contributed by atoms with van der Waals surface area (Å²) in [6.07, 6.45) is 1.97. The van der Waals surface area contributed by atoms with Gasteiger partial charge in [-0.2, -0.15) is 0 Å². The van der Waals surface area contributed by atoms with Gasteiger partial charge in [0.2, 0.25) is 0 Å². The van der Waals surface area contributed by atoms with E-state index in [2.05, 4.69) is 6.07 Å². The zero-order chi connectivity index (χ0) is 20.7. The first kappa shape index (κ1) is 18.8. The molecule has 0 bridgehead atoms. The van der Waals surface area contributed by atoms with Gasteiger partial charge >= 0.3 is 0 Å². The van der Waals surface area contributed by atoms with Gasteiger partial charge in [0.1, 0.15) is 0 Å². The van der Waals surface area contributed by atoms with Crippen molar-refractivity contribution in [3.05, 3.63) is 94.5 Å². The molecule has 0 aliphatic carbocycles. The number of benzene rings is 3. The van der Waals surface area contributed by atoms with E-state index in [1.807, 2.05) is 78.6 Å². The summed E-state index contributed by atoms with van der Waals surface area (Å²) in [4.78, 5) is 20.7. The van der Waals surface area contributed by atoms with Crippen LogP contribution >= 0.6 is 11.6 Å². The number of carbonyl (C=O) groups excluding carboxylic acids is 1. The average Bonchev–Trinajstić information content (AvgIpc) is 2.78. The van der Waals surface area contributed by atoms with Crippen LogP contribution in [0.25, 0.3) is 22.2 Å². The molecule has 3 nitrogen and oxygen atoms in total. The molecule has 5 rings (SSSR count). The number of rotatable bonds is 2. The number of hydrogen-bond acceptors (Lipinski definition) is 2. The number of aromatic nitrogens is 1. The Kier molecular flexibility index (Phi) is 4.76. The number of aryl methyl sites for hydroxylation is 1. The molecule has 4 heteroatoms. The number of carbonyl (C=O) groups is 1. The minimum Gasteiger partial charge on any atom is -0.308 e. The highest BCUT2D eigenvalue weighted by Gasteiger charge is 2.27. The molecule has 1 aromatic heterocycles. The van der Waals surface area contributed by atoms with Crippen LogP contribution in [0.15, 0.2) is 72.8 Å². The summed E-state index contributed by atoms with van der Waals surface area (Å²) in [7, 11) is 0. The topological polar surface area (TPSA) is 33.2 Å². The Morgan fingerprint density at radius 2 is 1.70 bits per heavy atom. The van der Waals surface area contributed by atoms with Crippen molar-refractivity contribution in [1.29, 1.82) is 0 Å². The Balaban J connectivity index is 1.72. The van der Waals surface area contributed by atoms with Gasteiger partial charge in [0.05, 0.1) is 16.8 Å². The summed E-state index contributed by atoms with van der Waals surface area (Å²) < 4.78 is 0. The lowest BCUT2D eigenvalue weighted by Crippen LogP contribution is -2.36. The number of amides is 1. The number of anilines is 1. The monoisotopic (exact) mass is 412 g/mol. The largest absolute Gasteiger partial charge is 0.308 e. The molecule has 0 spiro atoms. The van der Waals surface area contributed by atoms with Crippen LogP contribution in [0.4, 0.5) is 5.69 Å². The van der Waals surface area contributed by atoms with E-state index in [0.29, 0.717) is 5.02 Å². The molecule has 1 aliphatic heterocycles. The van der Waals surface area contributed by atoms with Gasteiger partial charge in [-0.1, -0.05) is 60.1 Å². The van der Waals surface area contributed by atoms with Crippen molar-refractivity contribution in [1.82, 2.24) is 4.98 Å². The third kappa shape index (κ3) is 3.16. The van der Waals surface area contributed by atoms with Crippen molar-refractivity contribution < 1.29 is 4.79 Å².